The van der Waals surface area contributed by atoms with Crippen LogP contribution in [0.4, 0.5) is 11.4 Å². The summed E-state index contributed by atoms with van der Waals surface area (Å²) in [7, 11) is 0. The lowest BCUT2D eigenvalue weighted by atomic mass is 10.1. The Morgan fingerprint density at radius 2 is 1.67 bits per heavy atom. The van der Waals surface area contributed by atoms with Crippen LogP contribution in [0.25, 0.3) is 0 Å². The lowest BCUT2D eigenvalue weighted by molar-refractivity contribution is -0.122. The van der Waals surface area contributed by atoms with Gasteiger partial charge in [-0.15, -0.1) is 0 Å². The van der Waals surface area contributed by atoms with Gasteiger partial charge in [0.05, 0.1) is 0 Å². The van der Waals surface area contributed by atoms with Gasteiger partial charge >= 0.3 is 0 Å². The number of anilines is 2. The molecule has 2 rings (SSSR count). The molecular formula is C21H25BrN2O3. The van der Waals surface area contributed by atoms with Gasteiger partial charge in [0.15, 0.2) is 6.10 Å². The van der Waals surface area contributed by atoms with Gasteiger partial charge in [0, 0.05) is 22.3 Å². The first-order valence-corrected chi connectivity index (χ1v) is 9.73. The second-order valence-corrected chi connectivity index (χ2v) is 7.41. The Morgan fingerprint density at radius 1 is 1.07 bits per heavy atom. The van der Waals surface area contributed by atoms with E-state index in [1.807, 2.05) is 32.9 Å². The largest absolute Gasteiger partial charge is 0.480 e. The fourth-order valence-corrected chi connectivity index (χ4v) is 3.37. The summed E-state index contributed by atoms with van der Waals surface area (Å²) in [6.45, 7) is 7.55. The summed E-state index contributed by atoms with van der Waals surface area (Å²) in [6, 6.07) is 11.0. The van der Waals surface area contributed by atoms with Gasteiger partial charge in [0.25, 0.3) is 5.91 Å². The zero-order valence-electron chi connectivity index (χ0n) is 16.1. The summed E-state index contributed by atoms with van der Waals surface area (Å²) >= 11 is 3.46. The van der Waals surface area contributed by atoms with Crippen LogP contribution in [0.5, 0.6) is 5.75 Å². The van der Waals surface area contributed by atoms with E-state index < -0.39 is 6.10 Å². The van der Waals surface area contributed by atoms with E-state index in [-0.39, 0.29) is 11.8 Å². The zero-order valence-corrected chi connectivity index (χ0v) is 17.6. The smallest absolute Gasteiger partial charge is 0.265 e. The number of amides is 2. The van der Waals surface area contributed by atoms with Gasteiger partial charge in [0.1, 0.15) is 5.75 Å². The highest BCUT2D eigenvalue weighted by Crippen LogP contribution is 2.28. The normalized spacial score (nSPS) is 11.6. The molecule has 2 N–H and O–H groups in total. The average Bonchev–Trinajstić information content (AvgIpc) is 2.58. The van der Waals surface area contributed by atoms with Gasteiger partial charge in [-0.25, -0.2) is 0 Å². The molecule has 2 aromatic rings. The summed E-state index contributed by atoms with van der Waals surface area (Å²) in [5.74, 6) is 0.411. The molecule has 0 aliphatic carbocycles. The Balaban J connectivity index is 2.03. The predicted octanol–water partition coefficient (Wildman–Crippen LogP) is 5.21. The fourth-order valence-electron chi connectivity index (χ4n) is 2.68. The van der Waals surface area contributed by atoms with Crippen LogP contribution < -0.4 is 15.4 Å². The molecule has 0 saturated carbocycles. The lowest BCUT2D eigenvalue weighted by Gasteiger charge is -2.18. The molecule has 5 nitrogen and oxygen atoms in total. The maximum atomic E-state index is 12.5. The third kappa shape index (κ3) is 6.10. The number of hydrogen-bond acceptors (Lipinski definition) is 3. The highest BCUT2D eigenvalue weighted by atomic mass is 79.9. The summed E-state index contributed by atoms with van der Waals surface area (Å²) < 4.78 is 6.86. The summed E-state index contributed by atoms with van der Waals surface area (Å²) in [4.78, 5) is 24.2. The van der Waals surface area contributed by atoms with E-state index in [4.69, 9.17) is 4.74 Å². The Kier molecular flexibility index (Phi) is 7.42. The summed E-state index contributed by atoms with van der Waals surface area (Å²) in [5.41, 5.74) is 3.18. The minimum atomic E-state index is -0.665. The number of ether oxygens (including phenoxy) is 1. The van der Waals surface area contributed by atoms with E-state index in [1.54, 1.807) is 31.2 Å². The topological polar surface area (TPSA) is 67.4 Å². The second kappa shape index (κ2) is 9.55. The van der Waals surface area contributed by atoms with Crippen LogP contribution >= 0.6 is 15.9 Å². The van der Waals surface area contributed by atoms with E-state index in [0.717, 1.165) is 22.0 Å². The summed E-state index contributed by atoms with van der Waals surface area (Å²) in [5, 5.41) is 5.65. The molecule has 1 unspecified atom stereocenters. The zero-order chi connectivity index (χ0) is 20.0. The monoisotopic (exact) mass is 432 g/mol. The van der Waals surface area contributed by atoms with Crippen molar-refractivity contribution in [3.63, 3.8) is 0 Å². The molecule has 2 aromatic carbocycles. The average molecular weight is 433 g/mol. The number of carbonyl (C=O) groups excluding carboxylic acids is 2. The van der Waals surface area contributed by atoms with Crippen LogP contribution in [0.15, 0.2) is 40.9 Å². The number of aryl methyl sites for hydroxylation is 2. The van der Waals surface area contributed by atoms with Crippen LogP contribution in [0.2, 0.25) is 0 Å². The van der Waals surface area contributed by atoms with Crippen molar-refractivity contribution >= 4 is 39.1 Å². The molecule has 144 valence electrons. The van der Waals surface area contributed by atoms with Crippen molar-refractivity contribution in [2.75, 3.05) is 10.6 Å². The van der Waals surface area contributed by atoms with Gasteiger partial charge in [-0.3, -0.25) is 9.59 Å². The molecule has 0 aromatic heterocycles. The molecule has 6 heteroatoms. The molecule has 0 bridgehead atoms. The van der Waals surface area contributed by atoms with E-state index >= 15 is 0 Å². The minimum absolute atomic E-state index is 0.0427. The quantitative estimate of drug-likeness (QED) is 0.630. The van der Waals surface area contributed by atoms with E-state index in [9.17, 15) is 9.59 Å². The lowest BCUT2D eigenvalue weighted by Crippen LogP contribution is -2.30. The Morgan fingerprint density at radius 3 is 2.26 bits per heavy atom. The molecular weight excluding hydrogens is 408 g/mol. The van der Waals surface area contributed by atoms with Crippen molar-refractivity contribution in [2.45, 2.75) is 46.6 Å². The molecule has 27 heavy (non-hydrogen) atoms. The third-order valence-electron chi connectivity index (χ3n) is 3.98. The number of benzene rings is 2. The Hall–Kier alpha value is -2.34. The second-order valence-electron chi connectivity index (χ2n) is 6.50. The van der Waals surface area contributed by atoms with Gasteiger partial charge < -0.3 is 15.4 Å². The molecule has 0 fully saturated rings. The molecule has 0 saturated heterocycles. The van der Waals surface area contributed by atoms with Crippen molar-refractivity contribution in [1.29, 1.82) is 0 Å². The number of rotatable bonds is 7. The number of hydrogen-bond donors (Lipinski definition) is 2. The van der Waals surface area contributed by atoms with Crippen molar-refractivity contribution in [1.82, 2.24) is 0 Å². The maximum absolute atomic E-state index is 12.5. The third-order valence-corrected chi connectivity index (χ3v) is 4.44. The SMILES string of the molecule is CCCC(=O)Nc1cccc(NC(=O)C(C)Oc2c(C)cc(Br)cc2C)c1. The van der Waals surface area contributed by atoms with Gasteiger partial charge in [-0.2, -0.15) is 0 Å². The van der Waals surface area contributed by atoms with Crippen molar-refractivity contribution in [3.05, 3.63) is 52.0 Å². The van der Waals surface area contributed by atoms with Crippen LogP contribution in [-0.4, -0.2) is 17.9 Å². The highest BCUT2D eigenvalue weighted by molar-refractivity contribution is 9.10. The maximum Gasteiger partial charge on any atom is 0.265 e. The first-order valence-electron chi connectivity index (χ1n) is 8.94. The molecule has 0 radical (unpaired) electrons. The van der Waals surface area contributed by atoms with Crippen LogP contribution in [0.3, 0.4) is 0 Å². The standard InChI is InChI=1S/C21H25BrN2O3/c1-5-7-19(25)23-17-8-6-9-18(12-17)24-21(26)15(4)27-20-13(2)10-16(22)11-14(20)3/h6,8-12,15H,5,7H2,1-4H3,(H,23,25)(H,24,26). The van der Waals surface area contributed by atoms with Crippen molar-refractivity contribution < 1.29 is 14.3 Å². The molecule has 1 atom stereocenters. The number of halogens is 1. The van der Waals surface area contributed by atoms with Crippen LogP contribution in [0.1, 0.15) is 37.8 Å². The van der Waals surface area contributed by atoms with E-state index in [0.29, 0.717) is 23.5 Å². The van der Waals surface area contributed by atoms with E-state index in [2.05, 4.69) is 26.6 Å². The van der Waals surface area contributed by atoms with Crippen LogP contribution in [0, 0.1) is 13.8 Å². The number of carbonyl (C=O) groups is 2. The number of nitrogens with one attached hydrogen (secondary N) is 2. The minimum Gasteiger partial charge on any atom is -0.480 e. The first-order chi connectivity index (χ1) is 12.8. The highest BCUT2D eigenvalue weighted by Gasteiger charge is 2.17. The summed E-state index contributed by atoms with van der Waals surface area (Å²) in [6.07, 6.45) is 0.584. The molecule has 2 amide bonds. The molecule has 0 aliphatic heterocycles. The van der Waals surface area contributed by atoms with Crippen molar-refractivity contribution in [2.24, 2.45) is 0 Å². The first kappa shape index (κ1) is 21.0. The predicted molar refractivity (Wildman–Crippen MR) is 112 cm³/mol. The molecule has 0 spiro atoms. The van der Waals surface area contributed by atoms with Gasteiger partial charge in [-0.05, 0) is 68.7 Å². The Bertz CT molecular complexity index is 813. The fraction of sp³-hybridized carbons (Fsp3) is 0.333. The Labute approximate surface area is 168 Å². The van der Waals surface area contributed by atoms with Crippen molar-refractivity contribution in [3.8, 4) is 5.75 Å². The van der Waals surface area contributed by atoms with Gasteiger partial charge in [0.2, 0.25) is 5.91 Å². The van der Waals surface area contributed by atoms with E-state index in [1.165, 1.54) is 0 Å². The molecule has 0 heterocycles. The van der Waals surface area contributed by atoms with Gasteiger partial charge in [-0.1, -0.05) is 28.9 Å². The molecule has 0 aliphatic rings. The van der Waals surface area contributed by atoms with Crippen LogP contribution in [-0.2, 0) is 9.59 Å².